The molecule has 0 aromatic heterocycles. The van der Waals surface area contributed by atoms with Crippen molar-refractivity contribution in [3.05, 3.63) is 0 Å². The number of carbonyl (C=O) groups is 2. The summed E-state index contributed by atoms with van der Waals surface area (Å²) in [6.07, 6.45) is 0. The van der Waals surface area contributed by atoms with Gasteiger partial charge in [-0.1, -0.05) is 0 Å². The zero-order valence-corrected chi connectivity index (χ0v) is 8.06. The van der Waals surface area contributed by atoms with Crippen LogP contribution in [0.5, 0.6) is 0 Å². The van der Waals surface area contributed by atoms with Gasteiger partial charge in [0.25, 0.3) is 0 Å². The fourth-order valence-corrected chi connectivity index (χ4v) is 1.22. The first-order valence-corrected chi connectivity index (χ1v) is 4.44. The molecule has 2 heterocycles. The molecule has 0 radical (unpaired) electrons. The van der Waals surface area contributed by atoms with Crippen molar-refractivity contribution in [2.45, 2.75) is 5.60 Å². The van der Waals surface area contributed by atoms with Gasteiger partial charge in [-0.15, -0.1) is 0 Å². The minimum Gasteiger partial charge on any atom is -0.473 e. The molecule has 0 saturated carbocycles. The molecule has 1 spiro atoms. The molecule has 0 aliphatic carbocycles. The number of rotatable bonds is 0. The van der Waals surface area contributed by atoms with Crippen LogP contribution in [0.2, 0.25) is 0 Å². The van der Waals surface area contributed by atoms with Crippen molar-refractivity contribution in [2.75, 3.05) is 32.9 Å². The quantitative estimate of drug-likeness (QED) is 0.427. The molecule has 86 valence electrons. The summed E-state index contributed by atoms with van der Waals surface area (Å²) < 4.78 is 10.6. The van der Waals surface area contributed by atoms with Crippen LogP contribution >= 0.6 is 0 Å². The Morgan fingerprint density at radius 2 is 1.80 bits per heavy atom. The highest BCUT2D eigenvalue weighted by Crippen LogP contribution is 2.22. The first-order chi connectivity index (χ1) is 7.06. The summed E-state index contributed by atoms with van der Waals surface area (Å²) in [5.41, 5.74) is 0.0677. The van der Waals surface area contributed by atoms with Crippen LogP contribution in [0.3, 0.4) is 0 Å². The second kappa shape index (κ2) is 5.06. The second-order valence-corrected chi connectivity index (χ2v) is 3.31. The van der Waals surface area contributed by atoms with Crippen LogP contribution in [0.4, 0.5) is 0 Å². The maximum atomic E-state index is 9.10. The van der Waals surface area contributed by atoms with E-state index in [9.17, 15) is 0 Å². The van der Waals surface area contributed by atoms with E-state index < -0.39 is 11.9 Å². The zero-order valence-electron chi connectivity index (χ0n) is 8.06. The van der Waals surface area contributed by atoms with Crippen LogP contribution in [-0.4, -0.2) is 60.7 Å². The van der Waals surface area contributed by atoms with Crippen molar-refractivity contribution in [1.29, 1.82) is 0 Å². The third-order valence-corrected chi connectivity index (χ3v) is 2.05. The van der Waals surface area contributed by atoms with E-state index in [2.05, 4.69) is 5.32 Å². The molecule has 0 unspecified atom stereocenters. The molecule has 2 fully saturated rings. The van der Waals surface area contributed by atoms with E-state index in [-0.39, 0.29) is 5.60 Å². The number of morpholine rings is 1. The lowest BCUT2D eigenvalue weighted by atomic mass is 10.0. The van der Waals surface area contributed by atoms with Gasteiger partial charge in [0.15, 0.2) is 0 Å². The summed E-state index contributed by atoms with van der Waals surface area (Å²) >= 11 is 0. The molecule has 2 aliphatic heterocycles. The lowest BCUT2D eigenvalue weighted by molar-refractivity contribution is -0.217. The molecule has 7 heteroatoms. The number of hydrogen-bond acceptors (Lipinski definition) is 5. The number of hydrogen-bond donors (Lipinski definition) is 3. The highest BCUT2D eigenvalue weighted by Gasteiger charge is 2.40. The van der Waals surface area contributed by atoms with Gasteiger partial charge in [-0.05, 0) is 0 Å². The lowest BCUT2D eigenvalue weighted by Crippen LogP contribution is -2.61. The topological polar surface area (TPSA) is 105 Å². The summed E-state index contributed by atoms with van der Waals surface area (Å²) in [6, 6.07) is 0. The molecule has 0 aromatic rings. The highest BCUT2D eigenvalue weighted by molar-refractivity contribution is 6.27. The molecule has 0 bridgehead atoms. The highest BCUT2D eigenvalue weighted by atomic mass is 16.6. The van der Waals surface area contributed by atoms with E-state index in [0.29, 0.717) is 0 Å². The van der Waals surface area contributed by atoms with E-state index in [4.69, 9.17) is 29.3 Å². The average Bonchev–Trinajstić information content (AvgIpc) is 2.17. The Kier molecular flexibility index (Phi) is 4.01. The van der Waals surface area contributed by atoms with Crippen LogP contribution in [0.15, 0.2) is 0 Å². The molecule has 0 aromatic carbocycles. The van der Waals surface area contributed by atoms with Crippen molar-refractivity contribution in [2.24, 2.45) is 0 Å². The molecule has 3 N–H and O–H groups in total. The van der Waals surface area contributed by atoms with Gasteiger partial charge in [-0.25, -0.2) is 9.59 Å². The third kappa shape index (κ3) is 3.46. The molecule has 15 heavy (non-hydrogen) atoms. The van der Waals surface area contributed by atoms with Crippen LogP contribution in [-0.2, 0) is 19.1 Å². The van der Waals surface area contributed by atoms with E-state index in [1.165, 1.54) is 0 Å². The Morgan fingerprint density at radius 1 is 1.20 bits per heavy atom. The van der Waals surface area contributed by atoms with Gasteiger partial charge in [0.1, 0.15) is 5.60 Å². The monoisotopic (exact) mass is 219 g/mol. The van der Waals surface area contributed by atoms with Gasteiger partial charge < -0.3 is 25.0 Å². The summed E-state index contributed by atoms with van der Waals surface area (Å²) in [5.74, 6) is -3.65. The first kappa shape index (κ1) is 11.9. The minimum absolute atomic E-state index is 0.0677. The number of carboxylic acids is 2. The fraction of sp³-hybridized carbons (Fsp3) is 0.750. The maximum Gasteiger partial charge on any atom is 0.414 e. The van der Waals surface area contributed by atoms with Crippen LogP contribution in [0.1, 0.15) is 0 Å². The van der Waals surface area contributed by atoms with Crippen LogP contribution in [0, 0.1) is 0 Å². The summed E-state index contributed by atoms with van der Waals surface area (Å²) in [6.45, 7) is 4.35. The maximum absolute atomic E-state index is 9.10. The van der Waals surface area contributed by atoms with Crippen molar-refractivity contribution < 1.29 is 29.3 Å². The normalized spacial score (nSPS) is 22.1. The Morgan fingerprint density at radius 3 is 2.00 bits per heavy atom. The molecule has 2 saturated heterocycles. The number of ether oxygens (including phenoxy) is 2. The molecule has 2 rings (SSSR count). The van der Waals surface area contributed by atoms with Gasteiger partial charge in [-0.2, -0.15) is 0 Å². The minimum atomic E-state index is -1.82. The Bertz CT molecular complexity index is 230. The zero-order chi connectivity index (χ0) is 11.3. The Labute approximate surface area is 86.0 Å². The SMILES string of the molecule is C1COC2(CN1)COC2.O=C(O)C(=O)O. The standard InChI is InChI=1S/C6H11NO2.C2H2O4/c1-2-9-6(3-7-1)4-8-5-6;3-1(4)2(5)6/h7H,1-5H2;(H,3,4)(H,5,6). The lowest BCUT2D eigenvalue weighted by Gasteiger charge is -2.43. The van der Waals surface area contributed by atoms with Gasteiger partial charge in [0.05, 0.1) is 19.8 Å². The van der Waals surface area contributed by atoms with Crippen LogP contribution in [0.25, 0.3) is 0 Å². The summed E-state index contributed by atoms with van der Waals surface area (Å²) in [4.78, 5) is 18.2. The largest absolute Gasteiger partial charge is 0.473 e. The van der Waals surface area contributed by atoms with Crippen molar-refractivity contribution in [3.8, 4) is 0 Å². The molecule has 2 aliphatic rings. The van der Waals surface area contributed by atoms with E-state index in [1.807, 2.05) is 0 Å². The van der Waals surface area contributed by atoms with Crippen LogP contribution < -0.4 is 5.32 Å². The average molecular weight is 219 g/mol. The van der Waals surface area contributed by atoms with Crippen molar-refractivity contribution in [1.82, 2.24) is 5.32 Å². The fourth-order valence-electron chi connectivity index (χ4n) is 1.22. The molecule has 0 amide bonds. The van der Waals surface area contributed by atoms with Crippen molar-refractivity contribution in [3.63, 3.8) is 0 Å². The van der Waals surface area contributed by atoms with Gasteiger partial charge in [0.2, 0.25) is 0 Å². The Balaban J connectivity index is 0.000000167. The van der Waals surface area contributed by atoms with E-state index in [1.54, 1.807) is 0 Å². The summed E-state index contributed by atoms with van der Waals surface area (Å²) in [7, 11) is 0. The van der Waals surface area contributed by atoms with E-state index >= 15 is 0 Å². The first-order valence-electron chi connectivity index (χ1n) is 4.44. The molecule has 7 nitrogen and oxygen atoms in total. The van der Waals surface area contributed by atoms with E-state index in [0.717, 1.165) is 32.9 Å². The molecule has 0 atom stereocenters. The van der Waals surface area contributed by atoms with Gasteiger partial charge in [0, 0.05) is 13.1 Å². The Hall–Kier alpha value is -1.18. The van der Waals surface area contributed by atoms with Gasteiger partial charge in [-0.3, -0.25) is 0 Å². The predicted molar refractivity (Wildman–Crippen MR) is 47.6 cm³/mol. The molecular weight excluding hydrogens is 206 g/mol. The third-order valence-electron chi connectivity index (χ3n) is 2.05. The smallest absolute Gasteiger partial charge is 0.414 e. The number of aliphatic carboxylic acids is 2. The summed E-state index contributed by atoms with van der Waals surface area (Å²) in [5, 5.41) is 18.1. The van der Waals surface area contributed by atoms with Crippen molar-refractivity contribution >= 4 is 11.9 Å². The molecular formula is C8H13NO6. The second-order valence-electron chi connectivity index (χ2n) is 3.31. The predicted octanol–water partition coefficient (Wildman–Crippen LogP) is -1.47. The van der Waals surface area contributed by atoms with Gasteiger partial charge >= 0.3 is 11.9 Å². The number of carboxylic acid groups (broad SMARTS) is 2. The number of nitrogens with one attached hydrogen (secondary N) is 1.